The molecule has 1 fully saturated rings. The van der Waals surface area contributed by atoms with Crippen molar-refractivity contribution in [3.63, 3.8) is 0 Å². The summed E-state index contributed by atoms with van der Waals surface area (Å²) in [4.78, 5) is 13.7. The lowest BCUT2D eigenvalue weighted by molar-refractivity contribution is 0.122. The van der Waals surface area contributed by atoms with E-state index in [2.05, 4.69) is 28.6 Å². The predicted octanol–water partition coefficient (Wildman–Crippen LogP) is 1.99. The van der Waals surface area contributed by atoms with Gasteiger partial charge in [-0.25, -0.2) is 4.98 Å². The van der Waals surface area contributed by atoms with Crippen LogP contribution in [0.4, 0.5) is 11.8 Å². The van der Waals surface area contributed by atoms with Gasteiger partial charge in [-0.3, -0.25) is 0 Å². The number of anilines is 2. The van der Waals surface area contributed by atoms with E-state index in [0.29, 0.717) is 11.1 Å². The van der Waals surface area contributed by atoms with Crippen molar-refractivity contribution < 1.29 is 4.74 Å². The zero-order valence-corrected chi connectivity index (χ0v) is 12.9. The van der Waals surface area contributed by atoms with Crippen LogP contribution in [0.3, 0.4) is 0 Å². The highest BCUT2D eigenvalue weighted by molar-refractivity contribution is 6.30. The van der Waals surface area contributed by atoms with Crippen LogP contribution in [-0.2, 0) is 11.2 Å². The Morgan fingerprint density at radius 3 is 2.65 bits per heavy atom. The molecule has 0 bridgehead atoms. The molecule has 0 unspecified atom stereocenters. The first kappa shape index (κ1) is 13.9. The smallest absolute Gasteiger partial charge is 0.228 e. The van der Waals surface area contributed by atoms with Crippen LogP contribution in [0.15, 0.2) is 0 Å². The minimum Gasteiger partial charge on any atom is -0.378 e. The van der Waals surface area contributed by atoms with Crippen LogP contribution in [0.25, 0.3) is 0 Å². The molecule has 110 valence electrons. The molecule has 6 heteroatoms. The van der Waals surface area contributed by atoms with Gasteiger partial charge in [-0.2, -0.15) is 4.98 Å². The second-order valence-corrected chi connectivity index (χ2v) is 6.16. The first-order chi connectivity index (χ1) is 9.65. The van der Waals surface area contributed by atoms with Gasteiger partial charge in [0.05, 0.1) is 13.2 Å². The molecular weight excluding hydrogens is 276 g/mol. The Hall–Kier alpha value is -1.07. The van der Waals surface area contributed by atoms with Gasteiger partial charge in [-0.05, 0) is 12.3 Å². The number of hydrogen-bond donors (Lipinski definition) is 0. The average molecular weight is 297 g/mol. The van der Waals surface area contributed by atoms with E-state index in [-0.39, 0.29) is 0 Å². The molecule has 5 nitrogen and oxygen atoms in total. The summed E-state index contributed by atoms with van der Waals surface area (Å²) in [6.45, 7) is 9.59. The van der Waals surface area contributed by atoms with Crippen LogP contribution in [0.1, 0.15) is 19.4 Å². The Bertz CT molecular complexity index is 488. The molecule has 0 aromatic carbocycles. The largest absolute Gasteiger partial charge is 0.378 e. The van der Waals surface area contributed by atoms with Crippen LogP contribution < -0.4 is 9.80 Å². The highest BCUT2D eigenvalue weighted by Crippen LogP contribution is 2.33. The van der Waals surface area contributed by atoms with Crippen LogP contribution in [0, 0.1) is 5.92 Å². The predicted molar refractivity (Wildman–Crippen MR) is 80.8 cm³/mol. The highest BCUT2D eigenvalue weighted by atomic mass is 35.5. The van der Waals surface area contributed by atoms with Gasteiger partial charge in [-0.15, -0.1) is 0 Å². The van der Waals surface area contributed by atoms with Crippen LogP contribution in [0.5, 0.6) is 0 Å². The number of aromatic nitrogens is 2. The lowest BCUT2D eigenvalue weighted by atomic mass is 10.2. The molecule has 20 heavy (non-hydrogen) atoms. The van der Waals surface area contributed by atoms with E-state index in [1.165, 1.54) is 0 Å². The first-order valence-electron chi connectivity index (χ1n) is 7.29. The van der Waals surface area contributed by atoms with Crippen molar-refractivity contribution in [3.05, 3.63) is 10.7 Å². The number of fused-ring (bicyclic) bond motifs is 1. The van der Waals surface area contributed by atoms with Crippen LogP contribution in [-0.4, -0.2) is 49.4 Å². The molecule has 1 saturated heterocycles. The lowest BCUT2D eigenvalue weighted by Gasteiger charge is -2.28. The molecule has 1 aromatic heterocycles. The maximum Gasteiger partial charge on any atom is 0.228 e. The van der Waals surface area contributed by atoms with Gasteiger partial charge in [0, 0.05) is 31.7 Å². The van der Waals surface area contributed by atoms with E-state index in [9.17, 15) is 0 Å². The quantitative estimate of drug-likeness (QED) is 0.798. The van der Waals surface area contributed by atoms with Crippen molar-refractivity contribution in [2.24, 2.45) is 5.92 Å². The van der Waals surface area contributed by atoms with Gasteiger partial charge >= 0.3 is 0 Å². The molecule has 2 aliphatic heterocycles. The molecule has 0 saturated carbocycles. The third-order valence-corrected chi connectivity index (χ3v) is 4.05. The first-order valence-corrected chi connectivity index (χ1v) is 7.67. The Labute approximate surface area is 124 Å². The topological polar surface area (TPSA) is 41.5 Å². The van der Waals surface area contributed by atoms with Crippen molar-refractivity contribution >= 4 is 23.4 Å². The molecule has 1 aromatic rings. The number of hydrogen-bond acceptors (Lipinski definition) is 5. The minimum absolute atomic E-state index is 0.613. The Morgan fingerprint density at radius 2 is 1.95 bits per heavy atom. The summed E-state index contributed by atoms with van der Waals surface area (Å²) in [6, 6.07) is 0. The molecule has 3 rings (SSSR count). The van der Waals surface area contributed by atoms with Gasteiger partial charge < -0.3 is 14.5 Å². The molecule has 0 atom stereocenters. The third-order valence-electron chi connectivity index (χ3n) is 3.73. The molecular formula is C14H21ClN4O. The van der Waals surface area contributed by atoms with Crippen molar-refractivity contribution in [1.29, 1.82) is 0 Å². The second kappa shape index (κ2) is 5.74. The Kier molecular flexibility index (Phi) is 3.98. The fourth-order valence-electron chi connectivity index (χ4n) is 2.79. The summed E-state index contributed by atoms with van der Waals surface area (Å²) in [7, 11) is 0. The van der Waals surface area contributed by atoms with E-state index in [1.54, 1.807) is 0 Å². The zero-order valence-electron chi connectivity index (χ0n) is 12.1. The lowest BCUT2D eigenvalue weighted by Crippen LogP contribution is -2.37. The fourth-order valence-corrected chi connectivity index (χ4v) is 3.04. The average Bonchev–Trinajstić information content (AvgIpc) is 2.83. The summed E-state index contributed by atoms with van der Waals surface area (Å²) in [6.07, 6.45) is 0.949. The van der Waals surface area contributed by atoms with E-state index in [4.69, 9.17) is 21.3 Å². The molecule has 0 N–H and O–H groups in total. The normalized spacial score (nSPS) is 18.8. The second-order valence-electron chi connectivity index (χ2n) is 5.81. The van der Waals surface area contributed by atoms with Crippen molar-refractivity contribution in [2.45, 2.75) is 20.3 Å². The Morgan fingerprint density at radius 1 is 1.20 bits per heavy atom. The molecule has 2 aliphatic rings. The van der Waals surface area contributed by atoms with Gasteiger partial charge in [0.1, 0.15) is 11.0 Å². The summed E-state index contributed by atoms with van der Waals surface area (Å²) < 4.78 is 5.38. The summed E-state index contributed by atoms with van der Waals surface area (Å²) >= 11 is 6.36. The SMILES string of the molecule is CC(C)CN1CCc2c(Cl)nc(N3CCOCC3)nc21. The minimum atomic E-state index is 0.613. The van der Waals surface area contributed by atoms with Crippen molar-refractivity contribution in [2.75, 3.05) is 49.2 Å². The summed E-state index contributed by atoms with van der Waals surface area (Å²) in [5.41, 5.74) is 1.10. The van der Waals surface area contributed by atoms with Gasteiger partial charge in [0.2, 0.25) is 5.95 Å². The zero-order chi connectivity index (χ0) is 14.1. The van der Waals surface area contributed by atoms with Crippen LogP contribution >= 0.6 is 11.6 Å². The van der Waals surface area contributed by atoms with E-state index in [1.807, 2.05) is 0 Å². The summed E-state index contributed by atoms with van der Waals surface area (Å²) in [5.74, 6) is 2.38. The van der Waals surface area contributed by atoms with Crippen molar-refractivity contribution in [1.82, 2.24) is 9.97 Å². The summed E-state index contributed by atoms with van der Waals surface area (Å²) in [5, 5.41) is 0.614. The maximum atomic E-state index is 6.36. The van der Waals surface area contributed by atoms with Gasteiger partial charge in [0.25, 0.3) is 0 Å². The standard InChI is InChI=1S/C14H21ClN4O/c1-10(2)9-19-4-3-11-12(15)16-14(17-13(11)19)18-5-7-20-8-6-18/h10H,3-9H2,1-2H3. The molecule has 0 spiro atoms. The monoisotopic (exact) mass is 296 g/mol. The van der Waals surface area contributed by atoms with Crippen LogP contribution in [0.2, 0.25) is 5.15 Å². The number of nitrogens with zero attached hydrogens (tertiary/aromatic N) is 4. The highest BCUT2D eigenvalue weighted by Gasteiger charge is 2.27. The molecule has 0 amide bonds. The van der Waals surface area contributed by atoms with E-state index >= 15 is 0 Å². The van der Waals surface area contributed by atoms with Gasteiger partial charge in [-0.1, -0.05) is 25.4 Å². The number of ether oxygens (including phenoxy) is 1. The maximum absolute atomic E-state index is 6.36. The van der Waals surface area contributed by atoms with E-state index < -0.39 is 0 Å². The van der Waals surface area contributed by atoms with E-state index in [0.717, 1.165) is 63.1 Å². The van der Waals surface area contributed by atoms with Gasteiger partial charge in [0.15, 0.2) is 0 Å². The van der Waals surface area contributed by atoms with Crippen molar-refractivity contribution in [3.8, 4) is 0 Å². The molecule has 0 radical (unpaired) electrons. The number of halogens is 1. The Balaban J connectivity index is 1.89. The third kappa shape index (κ3) is 2.69. The fraction of sp³-hybridized carbons (Fsp3) is 0.714. The number of morpholine rings is 1. The number of rotatable bonds is 3. The molecule has 0 aliphatic carbocycles. The molecule has 3 heterocycles.